The van der Waals surface area contributed by atoms with Crippen molar-refractivity contribution in [3.8, 4) is 5.75 Å². The molecule has 0 bridgehead atoms. The third-order valence-electron chi connectivity index (χ3n) is 4.85. The van der Waals surface area contributed by atoms with E-state index in [9.17, 15) is 9.59 Å². The van der Waals surface area contributed by atoms with Gasteiger partial charge in [0.15, 0.2) is 0 Å². The lowest BCUT2D eigenvalue weighted by molar-refractivity contribution is -0.131. The highest BCUT2D eigenvalue weighted by atomic mass is 16.5. The summed E-state index contributed by atoms with van der Waals surface area (Å²) in [5.41, 5.74) is 0.979. The Labute approximate surface area is 137 Å². The first kappa shape index (κ1) is 15.8. The minimum atomic E-state index is -0.228. The first-order valence-electron chi connectivity index (χ1n) is 8.25. The Hall–Kier alpha value is -2.04. The van der Waals surface area contributed by atoms with Gasteiger partial charge in [-0.05, 0) is 31.4 Å². The van der Waals surface area contributed by atoms with E-state index in [0.717, 1.165) is 18.6 Å². The van der Waals surface area contributed by atoms with Crippen LogP contribution < -0.4 is 10.1 Å². The van der Waals surface area contributed by atoms with Crippen LogP contribution in [0.4, 0.5) is 0 Å². The summed E-state index contributed by atoms with van der Waals surface area (Å²) in [7, 11) is 1.82. The Balaban J connectivity index is 1.46. The maximum atomic E-state index is 12.3. The second-order valence-corrected chi connectivity index (χ2v) is 6.93. The summed E-state index contributed by atoms with van der Waals surface area (Å²) in [6, 6.07) is 8.02. The molecular formula is C18H24N2O3. The molecule has 2 atom stereocenters. The molecule has 2 aliphatic heterocycles. The zero-order chi connectivity index (χ0) is 16.4. The molecule has 0 spiro atoms. The number of hydrogen-bond acceptors (Lipinski definition) is 3. The number of amides is 2. The maximum absolute atomic E-state index is 12.3. The minimum Gasteiger partial charge on any atom is -0.488 e. The third kappa shape index (κ3) is 3.66. The van der Waals surface area contributed by atoms with E-state index in [1.54, 1.807) is 4.90 Å². The van der Waals surface area contributed by atoms with Crippen LogP contribution >= 0.6 is 0 Å². The van der Waals surface area contributed by atoms with Crippen LogP contribution in [0.5, 0.6) is 5.75 Å². The van der Waals surface area contributed by atoms with Gasteiger partial charge in [0.1, 0.15) is 11.9 Å². The van der Waals surface area contributed by atoms with Crippen molar-refractivity contribution in [2.75, 3.05) is 13.6 Å². The zero-order valence-corrected chi connectivity index (χ0v) is 13.8. The van der Waals surface area contributed by atoms with Crippen molar-refractivity contribution in [1.82, 2.24) is 10.2 Å². The molecular weight excluding hydrogens is 292 g/mol. The van der Waals surface area contributed by atoms with E-state index in [1.165, 1.54) is 5.56 Å². The number of hydrogen-bond donors (Lipinski definition) is 1. The van der Waals surface area contributed by atoms with Crippen LogP contribution in [0.15, 0.2) is 24.3 Å². The quantitative estimate of drug-likeness (QED) is 0.902. The summed E-state index contributed by atoms with van der Waals surface area (Å²) < 4.78 is 5.89. The Morgan fingerprint density at radius 3 is 2.91 bits per heavy atom. The molecule has 5 heteroatoms. The van der Waals surface area contributed by atoms with E-state index in [2.05, 4.69) is 11.4 Å². The summed E-state index contributed by atoms with van der Waals surface area (Å²) >= 11 is 0. The summed E-state index contributed by atoms with van der Waals surface area (Å²) in [4.78, 5) is 25.4. The van der Waals surface area contributed by atoms with Crippen LogP contribution in [0.1, 0.15) is 38.2 Å². The number of rotatable bonds is 5. The van der Waals surface area contributed by atoms with E-state index in [4.69, 9.17) is 4.74 Å². The summed E-state index contributed by atoms with van der Waals surface area (Å²) in [6.07, 6.45) is 3.39. The highest BCUT2D eigenvalue weighted by Gasteiger charge is 2.33. The molecule has 3 rings (SSSR count). The van der Waals surface area contributed by atoms with Crippen molar-refractivity contribution in [3.63, 3.8) is 0 Å². The van der Waals surface area contributed by atoms with Gasteiger partial charge in [0, 0.05) is 31.8 Å². The predicted octanol–water partition coefficient (Wildman–Crippen LogP) is 1.90. The van der Waals surface area contributed by atoms with Crippen molar-refractivity contribution < 1.29 is 14.3 Å². The first-order chi connectivity index (χ1) is 11.0. The van der Waals surface area contributed by atoms with Gasteiger partial charge < -0.3 is 15.0 Å². The van der Waals surface area contributed by atoms with E-state index in [1.807, 2.05) is 32.2 Å². The maximum Gasteiger partial charge on any atom is 0.222 e. The number of fused-ring (bicyclic) bond motifs is 1. The van der Waals surface area contributed by atoms with Crippen molar-refractivity contribution in [2.45, 2.75) is 50.7 Å². The highest BCUT2D eigenvalue weighted by Crippen LogP contribution is 2.29. The molecule has 2 unspecified atom stereocenters. The zero-order valence-electron chi connectivity index (χ0n) is 13.8. The number of carbonyl (C=O) groups excluding carboxylic acids is 2. The molecule has 2 heterocycles. The average molecular weight is 316 g/mol. The fraction of sp³-hybridized carbons (Fsp3) is 0.556. The Bertz CT molecular complexity index is 591. The number of carbonyl (C=O) groups is 2. The lowest BCUT2D eigenvalue weighted by atomic mass is 9.94. The van der Waals surface area contributed by atoms with Gasteiger partial charge in [-0.3, -0.25) is 9.59 Å². The first-order valence-corrected chi connectivity index (χ1v) is 8.25. The lowest BCUT2D eigenvalue weighted by Crippen LogP contribution is -2.41. The van der Waals surface area contributed by atoms with Crippen molar-refractivity contribution in [2.24, 2.45) is 0 Å². The van der Waals surface area contributed by atoms with Crippen LogP contribution in [0, 0.1) is 0 Å². The smallest absolute Gasteiger partial charge is 0.222 e. The van der Waals surface area contributed by atoms with E-state index < -0.39 is 0 Å². The van der Waals surface area contributed by atoms with Crippen LogP contribution in [0.25, 0.3) is 0 Å². The molecule has 0 aromatic heterocycles. The summed E-state index contributed by atoms with van der Waals surface area (Å²) in [5, 5.41) is 2.98. The molecule has 23 heavy (non-hydrogen) atoms. The molecule has 2 amide bonds. The van der Waals surface area contributed by atoms with Crippen molar-refractivity contribution in [3.05, 3.63) is 29.8 Å². The van der Waals surface area contributed by atoms with E-state index in [0.29, 0.717) is 25.8 Å². The third-order valence-corrected chi connectivity index (χ3v) is 4.85. The van der Waals surface area contributed by atoms with Crippen molar-refractivity contribution in [1.29, 1.82) is 0 Å². The van der Waals surface area contributed by atoms with Crippen LogP contribution in [0.3, 0.4) is 0 Å². The second kappa shape index (κ2) is 6.22. The lowest BCUT2D eigenvalue weighted by Gasteiger charge is -2.26. The molecule has 1 aromatic rings. The fourth-order valence-corrected chi connectivity index (χ4v) is 3.38. The van der Waals surface area contributed by atoms with Crippen LogP contribution in [-0.2, 0) is 16.0 Å². The van der Waals surface area contributed by atoms with Gasteiger partial charge >= 0.3 is 0 Å². The average Bonchev–Trinajstić information content (AvgIpc) is 3.07. The summed E-state index contributed by atoms with van der Waals surface area (Å²) in [6.45, 7) is 2.61. The topological polar surface area (TPSA) is 58.6 Å². The van der Waals surface area contributed by atoms with Gasteiger partial charge in [0.25, 0.3) is 0 Å². The molecule has 1 N–H and O–H groups in total. The Kier molecular flexibility index (Phi) is 4.28. The minimum absolute atomic E-state index is 0.0307. The second-order valence-electron chi connectivity index (χ2n) is 6.93. The van der Waals surface area contributed by atoms with E-state index >= 15 is 0 Å². The van der Waals surface area contributed by atoms with Crippen molar-refractivity contribution >= 4 is 11.8 Å². The molecule has 2 aliphatic rings. The SMILES string of the molecule is CN(CC1Cc2ccccc2O1)C(=O)CCC1(C)CCC(=O)N1. The molecule has 1 fully saturated rings. The normalized spacial score (nSPS) is 25.7. The molecule has 0 radical (unpaired) electrons. The van der Waals surface area contributed by atoms with Gasteiger partial charge in [-0.25, -0.2) is 0 Å². The monoisotopic (exact) mass is 316 g/mol. The van der Waals surface area contributed by atoms with Gasteiger partial charge in [-0.1, -0.05) is 18.2 Å². The number of ether oxygens (including phenoxy) is 1. The molecule has 5 nitrogen and oxygen atoms in total. The highest BCUT2D eigenvalue weighted by molar-refractivity contribution is 5.80. The standard InChI is InChI=1S/C18H24N2O3/c1-18(9-7-16(21)19-18)10-8-17(22)20(2)12-14-11-13-5-3-4-6-15(13)23-14/h3-6,14H,7-12H2,1-2H3,(H,19,21). The molecule has 0 saturated carbocycles. The number of para-hydroxylation sites is 1. The molecule has 0 aliphatic carbocycles. The number of benzene rings is 1. The Morgan fingerprint density at radius 2 is 2.22 bits per heavy atom. The van der Waals surface area contributed by atoms with Crippen LogP contribution in [-0.4, -0.2) is 41.9 Å². The number of nitrogens with zero attached hydrogens (tertiary/aromatic N) is 1. The number of nitrogens with one attached hydrogen (secondary N) is 1. The van der Waals surface area contributed by atoms with E-state index in [-0.39, 0.29) is 23.5 Å². The molecule has 1 saturated heterocycles. The summed E-state index contributed by atoms with van der Waals surface area (Å²) in [5.74, 6) is 1.12. The molecule has 1 aromatic carbocycles. The molecule has 124 valence electrons. The van der Waals surface area contributed by atoms with Crippen LogP contribution in [0.2, 0.25) is 0 Å². The van der Waals surface area contributed by atoms with Gasteiger partial charge in [0.2, 0.25) is 11.8 Å². The Morgan fingerprint density at radius 1 is 1.43 bits per heavy atom. The largest absolute Gasteiger partial charge is 0.488 e. The van der Waals surface area contributed by atoms with Gasteiger partial charge in [-0.15, -0.1) is 0 Å². The number of likely N-dealkylation sites (N-methyl/N-ethyl adjacent to an activating group) is 1. The fourth-order valence-electron chi connectivity index (χ4n) is 3.38. The predicted molar refractivity (Wildman–Crippen MR) is 87.2 cm³/mol. The van der Waals surface area contributed by atoms with Gasteiger partial charge in [0.05, 0.1) is 6.54 Å². The van der Waals surface area contributed by atoms with Gasteiger partial charge in [-0.2, -0.15) is 0 Å².